The number of nitrogens with two attached hydrogens (primary N) is 2. The van der Waals surface area contributed by atoms with Crippen LogP contribution in [-0.2, 0) is 0 Å². The van der Waals surface area contributed by atoms with Crippen molar-refractivity contribution in [3.8, 4) is 28.4 Å². The lowest BCUT2D eigenvalue weighted by atomic mass is 9.99. The lowest BCUT2D eigenvalue weighted by Crippen LogP contribution is -2.18. The summed E-state index contributed by atoms with van der Waals surface area (Å²) in [6.07, 6.45) is 1.70. The summed E-state index contributed by atoms with van der Waals surface area (Å²) in [6.45, 7) is 1.94. The number of amides is 1. The van der Waals surface area contributed by atoms with Gasteiger partial charge >= 0.3 is 0 Å². The molecule has 2 heterocycles. The minimum Gasteiger partial charge on any atom is -0.497 e. The zero-order valence-corrected chi connectivity index (χ0v) is 15.4. The van der Waals surface area contributed by atoms with Crippen LogP contribution in [0, 0.1) is 6.92 Å². The number of fused-ring (bicyclic) bond motifs is 1. The van der Waals surface area contributed by atoms with Crippen molar-refractivity contribution in [2.45, 2.75) is 6.92 Å². The highest BCUT2D eigenvalue weighted by Crippen LogP contribution is 2.36. The number of hydrogen-bond acceptors (Lipinski definition) is 6. The molecule has 0 bridgehead atoms. The van der Waals surface area contributed by atoms with Gasteiger partial charge in [0.15, 0.2) is 11.5 Å². The van der Waals surface area contributed by atoms with E-state index in [-0.39, 0.29) is 11.4 Å². The number of aromatic amines is 1. The molecule has 0 saturated heterocycles. The quantitative estimate of drug-likeness (QED) is 0.503. The van der Waals surface area contributed by atoms with Gasteiger partial charge in [-0.1, -0.05) is 18.2 Å². The minimum atomic E-state index is -0.720. The maximum absolute atomic E-state index is 12.0. The summed E-state index contributed by atoms with van der Waals surface area (Å²) in [6, 6.07) is 11.1. The van der Waals surface area contributed by atoms with E-state index in [0.29, 0.717) is 22.8 Å². The molecule has 2 aromatic carbocycles. The molecule has 0 radical (unpaired) electrons. The molecule has 0 spiro atoms. The van der Waals surface area contributed by atoms with Crippen molar-refractivity contribution in [1.82, 2.24) is 20.2 Å². The number of rotatable bonds is 4. The second-order valence-electron chi connectivity index (χ2n) is 6.34. The van der Waals surface area contributed by atoms with Crippen LogP contribution in [-0.4, -0.2) is 33.2 Å². The molecular formula is C20H18N6O2. The van der Waals surface area contributed by atoms with Crippen molar-refractivity contribution >= 4 is 22.5 Å². The largest absolute Gasteiger partial charge is 0.497 e. The first-order valence-corrected chi connectivity index (χ1v) is 8.54. The Morgan fingerprint density at radius 3 is 2.75 bits per heavy atom. The van der Waals surface area contributed by atoms with Crippen molar-refractivity contribution in [2.24, 2.45) is 5.73 Å². The Morgan fingerprint density at radius 1 is 1.18 bits per heavy atom. The molecule has 0 aliphatic carbocycles. The molecule has 0 saturated carbocycles. The van der Waals surface area contributed by atoms with Crippen molar-refractivity contribution in [1.29, 1.82) is 0 Å². The molecule has 0 aliphatic heterocycles. The van der Waals surface area contributed by atoms with E-state index in [2.05, 4.69) is 20.2 Å². The molecule has 5 N–H and O–H groups in total. The zero-order chi connectivity index (χ0) is 19.8. The number of carbonyl (C=O) groups excluding carboxylic acids is 1. The number of methoxy groups -OCH3 is 1. The number of H-pyrrole nitrogens is 1. The van der Waals surface area contributed by atoms with Crippen LogP contribution in [0.5, 0.6) is 5.75 Å². The van der Waals surface area contributed by atoms with Gasteiger partial charge in [0, 0.05) is 16.5 Å². The average molecular weight is 374 g/mol. The number of aromatic nitrogens is 4. The first kappa shape index (κ1) is 17.5. The van der Waals surface area contributed by atoms with Crippen LogP contribution in [0.2, 0.25) is 0 Å². The predicted molar refractivity (Wildman–Crippen MR) is 107 cm³/mol. The number of nitrogen functional groups attached to an aromatic ring is 1. The SMILES string of the molecule is COc1cccc(-c2nc(C(N)=O)c(N)c(-c3c(C)ccc4[nH]ncc34)n2)c1. The van der Waals surface area contributed by atoms with E-state index in [1.807, 2.05) is 37.3 Å². The fraction of sp³-hybridized carbons (Fsp3) is 0.100. The van der Waals surface area contributed by atoms with E-state index in [4.69, 9.17) is 16.2 Å². The fourth-order valence-electron chi connectivity index (χ4n) is 3.18. The summed E-state index contributed by atoms with van der Waals surface area (Å²) < 4.78 is 5.27. The molecule has 2 aromatic heterocycles. The van der Waals surface area contributed by atoms with Crippen LogP contribution >= 0.6 is 0 Å². The summed E-state index contributed by atoms with van der Waals surface area (Å²) in [5.74, 6) is 0.257. The monoisotopic (exact) mass is 374 g/mol. The number of carbonyl (C=O) groups is 1. The molecule has 28 heavy (non-hydrogen) atoms. The second-order valence-corrected chi connectivity index (χ2v) is 6.34. The molecule has 0 unspecified atom stereocenters. The Labute approximate surface area is 160 Å². The smallest absolute Gasteiger partial charge is 0.269 e. The summed E-state index contributed by atoms with van der Waals surface area (Å²) in [4.78, 5) is 21.0. The minimum absolute atomic E-state index is 0.0253. The van der Waals surface area contributed by atoms with Gasteiger partial charge in [0.25, 0.3) is 5.91 Å². The van der Waals surface area contributed by atoms with Gasteiger partial charge in [-0.2, -0.15) is 5.10 Å². The van der Waals surface area contributed by atoms with Crippen LogP contribution in [0.25, 0.3) is 33.5 Å². The van der Waals surface area contributed by atoms with Crippen LogP contribution in [0.1, 0.15) is 16.1 Å². The molecule has 4 aromatic rings. The Morgan fingerprint density at radius 2 is 2.00 bits per heavy atom. The van der Waals surface area contributed by atoms with Gasteiger partial charge in [0.05, 0.1) is 30.2 Å². The van der Waals surface area contributed by atoms with Crippen molar-refractivity contribution in [3.05, 3.63) is 53.9 Å². The van der Waals surface area contributed by atoms with Crippen molar-refractivity contribution in [3.63, 3.8) is 0 Å². The highest BCUT2D eigenvalue weighted by atomic mass is 16.5. The van der Waals surface area contributed by atoms with Gasteiger partial charge in [-0.25, -0.2) is 9.97 Å². The number of nitrogens with one attached hydrogen (secondary N) is 1. The number of nitrogens with zero attached hydrogens (tertiary/aromatic N) is 3. The van der Waals surface area contributed by atoms with Crippen molar-refractivity contribution < 1.29 is 9.53 Å². The van der Waals surface area contributed by atoms with Crippen LogP contribution in [0.15, 0.2) is 42.6 Å². The molecule has 8 nitrogen and oxygen atoms in total. The van der Waals surface area contributed by atoms with E-state index in [9.17, 15) is 4.79 Å². The standard InChI is InChI=1S/C20H18N6O2/c1-10-6-7-14-13(9-23-26-14)15(10)17-16(21)18(19(22)27)25-20(24-17)11-4-3-5-12(8-11)28-2/h3-9H,21H2,1-2H3,(H2,22,27)(H,23,26). The number of hydrogen-bond donors (Lipinski definition) is 3. The Bertz CT molecular complexity index is 1210. The predicted octanol–water partition coefficient (Wildman–Crippen LogP) is 2.69. The lowest BCUT2D eigenvalue weighted by molar-refractivity contribution is 0.0996. The molecule has 1 amide bonds. The molecule has 0 aliphatic rings. The van der Waals surface area contributed by atoms with Crippen LogP contribution in [0.4, 0.5) is 5.69 Å². The van der Waals surface area contributed by atoms with E-state index in [1.165, 1.54) is 0 Å². The number of ether oxygens (including phenoxy) is 1. The van der Waals surface area contributed by atoms with Gasteiger partial charge in [0.2, 0.25) is 0 Å². The highest BCUT2D eigenvalue weighted by Gasteiger charge is 2.21. The van der Waals surface area contributed by atoms with Crippen molar-refractivity contribution in [2.75, 3.05) is 12.8 Å². The summed E-state index contributed by atoms with van der Waals surface area (Å²) in [7, 11) is 1.58. The van der Waals surface area contributed by atoms with Crippen LogP contribution in [0.3, 0.4) is 0 Å². The zero-order valence-electron chi connectivity index (χ0n) is 15.4. The van der Waals surface area contributed by atoms with Gasteiger partial charge in [-0.3, -0.25) is 9.89 Å². The Kier molecular flexibility index (Phi) is 4.15. The van der Waals surface area contributed by atoms with Gasteiger partial charge in [-0.15, -0.1) is 0 Å². The first-order chi connectivity index (χ1) is 13.5. The third-order valence-electron chi connectivity index (χ3n) is 4.58. The topological polar surface area (TPSA) is 133 Å². The number of anilines is 1. The van der Waals surface area contributed by atoms with Gasteiger partial charge in [-0.05, 0) is 30.7 Å². The number of aryl methyl sites for hydroxylation is 1. The van der Waals surface area contributed by atoms with Gasteiger partial charge < -0.3 is 16.2 Å². The third kappa shape index (κ3) is 2.81. The molecular weight excluding hydrogens is 356 g/mol. The van der Waals surface area contributed by atoms with Crippen LogP contribution < -0.4 is 16.2 Å². The Balaban J connectivity index is 2.04. The van der Waals surface area contributed by atoms with E-state index >= 15 is 0 Å². The highest BCUT2D eigenvalue weighted by molar-refractivity contribution is 6.04. The number of primary amides is 1. The van der Waals surface area contributed by atoms with E-state index in [1.54, 1.807) is 19.4 Å². The Hall–Kier alpha value is -3.94. The molecule has 140 valence electrons. The fourth-order valence-corrected chi connectivity index (χ4v) is 3.18. The van der Waals surface area contributed by atoms with E-state index in [0.717, 1.165) is 22.0 Å². The normalized spacial score (nSPS) is 10.9. The van der Waals surface area contributed by atoms with Gasteiger partial charge in [0.1, 0.15) is 5.75 Å². The first-order valence-electron chi connectivity index (χ1n) is 8.54. The lowest BCUT2D eigenvalue weighted by Gasteiger charge is -2.14. The summed E-state index contributed by atoms with van der Waals surface area (Å²) >= 11 is 0. The maximum atomic E-state index is 12.0. The molecule has 0 atom stereocenters. The molecule has 0 fully saturated rings. The third-order valence-corrected chi connectivity index (χ3v) is 4.58. The molecule has 8 heteroatoms. The maximum Gasteiger partial charge on any atom is 0.269 e. The summed E-state index contributed by atoms with van der Waals surface area (Å²) in [5.41, 5.74) is 15.6. The molecule has 4 rings (SSSR count). The number of benzene rings is 2. The summed E-state index contributed by atoms with van der Waals surface area (Å²) in [5, 5.41) is 7.88. The van der Waals surface area contributed by atoms with E-state index < -0.39 is 5.91 Å². The second kappa shape index (κ2) is 6.66. The average Bonchev–Trinajstić information content (AvgIpc) is 3.17.